The summed E-state index contributed by atoms with van der Waals surface area (Å²) >= 11 is 0. The number of rotatable bonds is 6. The van der Waals surface area contributed by atoms with Gasteiger partial charge in [-0.1, -0.05) is 36.4 Å². The van der Waals surface area contributed by atoms with Crippen molar-refractivity contribution < 1.29 is 14.3 Å². The van der Waals surface area contributed by atoms with Crippen LogP contribution >= 0.6 is 0 Å². The maximum Gasteiger partial charge on any atom is 0.223 e. The summed E-state index contributed by atoms with van der Waals surface area (Å²) in [4.78, 5) is 22.8. The number of nitrogens with zero attached hydrogens (tertiary/aromatic N) is 2. The summed E-state index contributed by atoms with van der Waals surface area (Å²) in [5, 5.41) is 1.19. The average Bonchev–Trinajstić information content (AvgIpc) is 3.30. The van der Waals surface area contributed by atoms with Gasteiger partial charge in [0.1, 0.15) is 11.9 Å². The lowest BCUT2D eigenvalue weighted by Gasteiger charge is -2.32. The summed E-state index contributed by atoms with van der Waals surface area (Å²) in [6.45, 7) is 1.66. The third-order valence-electron chi connectivity index (χ3n) is 6.22. The number of H-pyrrole nitrogens is 1. The second kappa shape index (κ2) is 9.46. The minimum atomic E-state index is -0.213. The Morgan fingerprint density at radius 1 is 1.15 bits per heavy atom. The summed E-state index contributed by atoms with van der Waals surface area (Å²) in [6, 6.07) is 20.1. The molecule has 3 heterocycles. The SMILES string of the molecule is COc1cccc(-c2ccc([C@H]3CN(C(=O)CCc4c[nH]c5ccccc45)CCO3)nc2)c1. The number of pyridine rings is 1. The molecule has 168 valence electrons. The Bertz CT molecular complexity index is 1250. The van der Waals surface area contributed by atoms with Gasteiger partial charge in [0.05, 0.1) is 26.0 Å². The lowest BCUT2D eigenvalue weighted by atomic mass is 10.1. The Morgan fingerprint density at radius 2 is 2.06 bits per heavy atom. The molecule has 1 atom stereocenters. The molecule has 0 saturated carbocycles. The Labute approximate surface area is 193 Å². The highest BCUT2D eigenvalue weighted by atomic mass is 16.5. The van der Waals surface area contributed by atoms with Crippen LogP contribution in [0.5, 0.6) is 5.75 Å². The predicted octanol–water partition coefficient (Wildman–Crippen LogP) is 4.77. The number of carbonyl (C=O) groups excluding carboxylic acids is 1. The molecule has 1 saturated heterocycles. The zero-order chi connectivity index (χ0) is 22.6. The van der Waals surface area contributed by atoms with Crippen LogP contribution in [0.25, 0.3) is 22.0 Å². The average molecular weight is 442 g/mol. The van der Waals surface area contributed by atoms with E-state index in [2.05, 4.69) is 22.1 Å². The number of morpholine rings is 1. The minimum Gasteiger partial charge on any atom is -0.497 e. The van der Waals surface area contributed by atoms with E-state index in [0.717, 1.165) is 34.5 Å². The summed E-state index contributed by atoms with van der Waals surface area (Å²) in [6.07, 6.45) is 4.85. The molecular weight excluding hydrogens is 414 g/mol. The van der Waals surface area contributed by atoms with Gasteiger partial charge in [0, 0.05) is 41.8 Å². The van der Waals surface area contributed by atoms with Gasteiger partial charge in [0.2, 0.25) is 5.91 Å². The number of ether oxygens (including phenoxy) is 2. The number of fused-ring (bicyclic) bond motifs is 1. The van der Waals surface area contributed by atoms with Crippen LogP contribution in [0.2, 0.25) is 0 Å². The first kappa shape index (κ1) is 21.2. The number of aromatic nitrogens is 2. The summed E-state index contributed by atoms with van der Waals surface area (Å²) in [7, 11) is 1.66. The first-order valence-corrected chi connectivity index (χ1v) is 11.3. The van der Waals surface area contributed by atoms with Crippen LogP contribution in [0, 0.1) is 0 Å². The topological polar surface area (TPSA) is 67.5 Å². The second-order valence-corrected chi connectivity index (χ2v) is 8.26. The summed E-state index contributed by atoms with van der Waals surface area (Å²) in [5.74, 6) is 0.968. The second-order valence-electron chi connectivity index (χ2n) is 8.26. The van der Waals surface area contributed by atoms with Crippen molar-refractivity contribution in [2.24, 2.45) is 0 Å². The molecule has 1 amide bonds. The van der Waals surface area contributed by atoms with Crippen LogP contribution in [-0.4, -0.2) is 47.6 Å². The molecule has 5 rings (SSSR count). The zero-order valence-corrected chi connectivity index (χ0v) is 18.7. The van der Waals surface area contributed by atoms with E-state index in [0.29, 0.717) is 26.1 Å². The molecule has 0 spiro atoms. The van der Waals surface area contributed by atoms with Gasteiger partial charge in [0.25, 0.3) is 0 Å². The van der Waals surface area contributed by atoms with Crippen LogP contribution in [0.1, 0.15) is 23.8 Å². The molecule has 2 aromatic heterocycles. The van der Waals surface area contributed by atoms with Gasteiger partial charge >= 0.3 is 0 Å². The van der Waals surface area contributed by atoms with Gasteiger partial charge in [-0.15, -0.1) is 0 Å². The number of benzene rings is 2. The van der Waals surface area contributed by atoms with Gasteiger partial charge in [0.15, 0.2) is 0 Å². The van der Waals surface area contributed by atoms with Crippen molar-refractivity contribution in [2.75, 3.05) is 26.8 Å². The molecular formula is C27H27N3O3. The highest BCUT2D eigenvalue weighted by Gasteiger charge is 2.26. The molecule has 2 aromatic carbocycles. The smallest absolute Gasteiger partial charge is 0.223 e. The largest absolute Gasteiger partial charge is 0.497 e. The number of aromatic amines is 1. The summed E-state index contributed by atoms with van der Waals surface area (Å²) in [5.41, 5.74) is 5.19. The molecule has 1 fully saturated rings. The fourth-order valence-electron chi connectivity index (χ4n) is 4.36. The van der Waals surface area contributed by atoms with E-state index in [9.17, 15) is 4.79 Å². The van der Waals surface area contributed by atoms with E-state index >= 15 is 0 Å². The first-order chi connectivity index (χ1) is 16.2. The fraction of sp³-hybridized carbons (Fsp3) is 0.259. The molecule has 6 nitrogen and oxygen atoms in total. The fourth-order valence-corrected chi connectivity index (χ4v) is 4.36. The molecule has 4 aromatic rings. The Balaban J connectivity index is 1.22. The van der Waals surface area contributed by atoms with Crippen molar-refractivity contribution in [2.45, 2.75) is 18.9 Å². The monoisotopic (exact) mass is 441 g/mol. The number of nitrogens with one attached hydrogen (secondary N) is 1. The predicted molar refractivity (Wildman–Crippen MR) is 128 cm³/mol. The van der Waals surface area contributed by atoms with E-state index in [1.807, 2.05) is 65.8 Å². The van der Waals surface area contributed by atoms with Crippen LogP contribution < -0.4 is 4.74 Å². The van der Waals surface area contributed by atoms with Crippen molar-refractivity contribution in [1.82, 2.24) is 14.9 Å². The van der Waals surface area contributed by atoms with Crippen molar-refractivity contribution in [3.05, 3.63) is 84.3 Å². The maximum atomic E-state index is 12.9. The van der Waals surface area contributed by atoms with E-state index in [4.69, 9.17) is 9.47 Å². The van der Waals surface area contributed by atoms with Crippen molar-refractivity contribution in [3.63, 3.8) is 0 Å². The number of amides is 1. The molecule has 0 aliphatic carbocycles. The molecule has 1 aliphatic heterocycles. The molecule has 0 unspecified atom stereocenters. The van der Waals surface area contributed by atoms with Crippen molar-refractivity contribution in [1.29, 1.82) is 0 Å². The zero-order valence-electron chi connectivity index (χ0n) is 18.7. The van der Waals surface area contributed by atoms with E-state index in [-0.39, 0.29) is 12.0 Å². The highest BCUT2D eigenvalue weighted by molar-refractivity contribution is 5.84. The van der Waals surface area contributed by atoms with E-state index < -0.39 is 0 Å². The molecule has 6 heteroatoms. The number of aryl methyl sites for hydroxylation is 1. The Morgan fingerprint density at radius 3 is 2.91 bits per heavy atom. The number of hydrogen-bond donors (Lipinski definition) is 1. The number of para-hydroxylation sites is 1. The lowest BCUT2D eigenvalue weighted by Crippen LogP contribution is -2.42. The minimum absolute atomic E-state index is 0.154. The number of carbonyl (C=O) groups is 1. The normalized spacial score (nSPS) is 16.2. The van der Waals surface area contributed by atoms with E-state index in [1.165, 1.54) is 10.9 Å². The molecule has 1 N–H and O–H groups in total. The third-order valence-corrected chi connectivity index (χ3v) is 6.22. The number of hydrogen-bond acceptors (Lipinski definition) is 4. The Hall–Kier alpha value is -3.64. The lowest BCUT2D eigenvalue weighted by molar-refractivity contribution is -0.139. The van der Waals surface area contributed by atoms with Crippen molar-refractivity contribution >= 4 is 16.8 Å². The van der Waals surface area contributed by atoms with Crippen LogP contribution in [0.4, 0.5) is 0 Å². The standard InChI is InChI=1S/C27H27N3O3/c1-32-22-6-4-5-19(15-22)20-9-11-25(29-16-20)26-18-30(13-14-33-26)27(31)12-10-21-17-28-24-8-3-2-7-23(21)24/h2-9,11,15-17,26,28H,10,12-14,18H2,1H3/t26-/m1/s1. The Kier molecular flexibility index (Phi) is 6.09. The highest BCUT2D eigenvalue weighted by Crippen LogP contribution is 2.27. The summed E-state index contributed by atoms with van der Waals surface area (Å²) < 4.78 is 11.3. The van der Waals surface area contributed by atoms with E-state index in [1.54, 1.807) is 7.11 Å². The van der Waals surface area contributed by atoms with Gasteiger partial charge in [-0.2, -0.15) is 0 Å². The van der Waals surface area contributed by atoms with Gasteiger partial charge in [-0.3, -0.25) is 9.78 Å². The third kappa shape index (κ3) is 4.61. The van der Waals surface area contributed by atoms with Gasteiger partial charge in [-0.25, -0.2) is 0 Å². The van der Waals surface area contributed by atoms with Gasteiger partial charge in [-0.05, 0) is 41.8 Å². The van der Waals surface area contributed by atoms with Crippen LogP contribution in [-0.2, 0) is 16.0 Å². The quantitative estimate of drug-likeness (QED) is 0.468. The number of methoxy groups -OCH3 is 1. The maximum absolute atomic E-state index is 12.9. The molecule has 0 bridgehead atoms. The first-order valence-electron chi connectivity index (χ1n) is 11.3. The van der Waals surface area contributed by atoms with Crippen LogP contribution in [0.15, 0.2) is 73.1 Å². The van der Waals surface area contributed by atoms with Crippen LogP contribution in [0.3, 0.4) is 0 Å². The van der Waals surface area contributed by atoms with Crippen molar-refractivity contribution in [3.8, 4) is 16.9 Å². The molecule has 0 radical (unpaired) electrons. The molecule has 1 aliphatic rings. The van der Waals surface area contributed by atoms with Gasteiger partial charge < -0.3 is 19.4 Å². The molecule has 33 heavy (non-hydrogen) atoms.